The van der Waals surface area contributed by atoms with Crippen molar-refractivity contribution in [2.45, 2.75) is 0 Å². The monoisotopic (exact) mass is 265 g/mol. The lowest BCUT2D eigenvalue weighted by Gasteiger charge is -2.25. The van der Waals surface area contributed by atoms with E-state index in [-0.39, 0.29) is 10.4 Å². The average molecular weight is 266 g/mol. The molecule has 1 fully saturated rings. The summed E-state index contributed by atoms with van der Waals surface area (Å²) in [5.74, 6) is 0.910. The number of aromatic nitrogens is 2. The Balaban J connectivity index is 2.05. The number of halogens is 1. The minimum Gasteiger partial charge on any atom is -0.335 e. The van der Waals surface area contributed by atoms with Crippen LogP contribution in [0.4, 0.5) is 0 Å². The van der Waals surface area contributed by atoms with Gasteiger partial charge in [-0.25, -0.2) is 0 Å². The first-order valence-electron chi connectivity index (χ1n) is 4.30. The molecule has 1 saturated heterocycles. The predicted octanol–water partition coefficient (Wildman–Crippen LogP) is 0.396. The summed E-state index contributed by atoms with van der Waals surface area (Å²) in [4.78, 5) is 13.4. The fourth-order valence-electron chi connectivity index (χ4n) is 1.27. The third-order valence-corrected chi connectivity index (χ3v) is 4.33. The van der Waals surface area contributed by atoms with Gasteiger partial charge < -0.3 is 4.90 Å². The van der Waals surface area contributed by atoms with Gasteiger partial charge in [-0.3, -0.25) is 9.00 Å². The van der Waals surface area contributed by atoms with Crippen LogP contribution in [0.2, 0.25) is 4.47 Å². The average Bonchev–Trinajstić information content (AvgIpc) is 2.65. The molecule has 2 rings (SSSR count). The summed E-state index contributed by atoms with van der Waals surface area (Å²) in [6.45, 7) is 1.03. The Morgan fingerprint density at radius 2 is 2.07 bits per heavy atom. The maximum atomic E-state index is 11.8. The molecule has 0 atom stereocenters. The zero-order chi connectivity index (χ0) is 10.8. The van der Waals surface area contributed by atoms with Gasteiger partial charge in [0.1, 0.15) is 0 Å². The molecule has 0 N–H and O–H groups in total. The SMILES string of the molecule is O=C(c1nnc(Cl)s1)N1CCS(=O)CC1. The molecular formula is C7H8ClN3O2S2. The molecule has 82 valence electrons. The van der Waals surface area contributed by atoms with Gasteiger partial charge in [0.15, 0.2) is 0 Å². The van der Waals surface area contributed by atoms with Gasteiger partial charge in [0.2, 0.25) is 9.47 Å². The van der Waals surface area contributed by atoms with E-state index in [1.165, 1.54) is 0 Å². The van der Waals surface area contributed by atoms with Crippen molar-refractivity contribution in [1.29, 1.82) is 0 Å². The summed E-state index contributed by atoms with van der Waals surface area (Å²) in [5, 5.41) is 7.55. The number of carbonyl (C=O) groups excluding carboxylic acids is 1. The third kappa shape index (κ3) is 2.53. The van der Waals surface area contributed by atoms with Gasteiger partial charge in [-0.15, -0.1) is 10.2 Å². The summed E-state index contributed by atoms with van der Waals surface area (Å²) in [6, 6.07) is 0. The van der Waals surface area contributed by atoms with Crippen LogP contribution < -0.4 is 0 Å². The predicted molar refractivity (Wildman–Crippen MR) is 58.7 cm³/mol. The van der Waals surface area contributed by atoms with E-state index in [1.807, 2.05) is 0 Å². The van der Waals surface area contributed by atoms with Gasteiger partial charge >= 0.3 is 0 Å². The van der Waals surface area contributed by atoms with E-state index in [2.05, 4.69) is 10.2 Å². The minimum absolute atomic E-state index is 0.170. The summed E-state index contributed by atoms with van der Waals surface area (Å²) >= 11 is 6.66. The Bertz CT molecular complexity index is 399. The number of rotatable bonds is 1. The number of hydrogen-bond acceptors (Lipinski definition) is 5. The standard InChI is InChI=1S/C7H8ClN3O2S2/c8-7-10-9-5(14-7)6(12)11-1-3-15(13)4-2-11/h1-4H2. The van der Waals surface area contributed by atoms with Crippen LogP contribution in [-0.4, -0.2) is 49.8 Å². The molecule has 8 heteroatoms. The van der Waals surface area contributed by atoms with Crippen LogP contribution in [0.3, 0.4) is 0 Å². The zero-order valence-electron chi connectivity index (χ0n) is 7.68. The van der Waals surface area contributed by atoms with Crippen molar-refractivity contribution in [3.05, 3.63) is 9.47 Å². The molecule has 1 aromatic rings. The molecule has 0 radical (unpaired) electrons. The number of carbonyl (C=O) groups is 1. The number of hydrogen-bond donors (Lipinski definition) is 0. The molecule has 15 heavy (non-hydrogen) atoms. The van der Waals surface area contributed by atoms with E-state index in [0.717, 1.165) is 11.3 Å². The van der Waals surface area contributed by atoms with Crippen LogP contribution >= 0.6 is 22.9 Å². The van der Waals surface area contributed by atoms with Crippen molar-refractivity contribution in [3.8, 4) is 0 Å². The summed E-state index contributed by atoms with van der Waals surface area (Å²) in [7, 11) is -0.781. The van der Waals surface area contributed by atoms with Gasteiger partial charge in [0.25, 0.3) is 5.91 Å². The van der Waals surface area contributed by atoms with Gasteiger partial charge in [-0.2, -0.15) is 0 Å². The van der Waals surface area contributed by atoms with E-state index in [0.29, 0.717) is 29.6 Å². The van der Waals surface area contributed by atoms with E-state index in [9.17, 15) is 9.00 Å². The van der Waals surface area contributed by atoms with Crippen molar-refractivity contribution in [2.75, 3.05) is 24.6 Å². The van der Waals surface area contributed by atoms with Crippen LogP contribution in [0.5, 0.6) is 0 Å². The van der Waals surface area contributed by atoms with Crippen LogP contribution in [0, 0.1) is 0 Å². The van der Waals surface area contributed by atoms with Crippen molar-refractivity contribution in [1.82, 2.24) is 15.1 Å². The maximum absolute atomic E-state index is 11.8. The van der Waals surface area contributed by atoms with E-state index < -0.39 is 10.8 Å². The van der Waals surface area contributed by atoms with Crippen LogP contribution in [-0.2, 0) is 10.8 Å². The first kappa shape index (κ1) is 11.0. The Morgan fingerprint density at radius 3 is 2.60 bits per heavy atom. The molecule has 0 unspecified atom stereocenters. The molecule has 0 bridgehead atoms. The molecule has 0 aliphatic carbocycles. The summed E-state index contributed by atoms with van der Waals surface area (Å²) < 4.78 is 11.4. The Hall–Kier alpha value is -0.530. The second-order valence-corrected chi connectivity index (χ2v) is 6.26. The van der Waals surface area contributed by atoms with E-state index in [4.69, 9.17) is 11.6 Å². The largest absolute Gasteiger partial charge is 0.335 e. The Kier molecular flexibility index (Phi) is 3.32. The van der Waals surface area contributed by atoms with Gasteiger partial charge in [-0.1, -0.05) is 11.3 Å². The summed E-state index contributed by atoms with van der Waals surface area (Å²) in [6.07, 6.45) is 0. The van der Waals surface area contributed by atoms with Crippen LogP contribution in [0.15, 0.2) is 0 Å². The lowest BCUT2D eigenvalue weighted by Crippen LogP contribution is -2.41. The zero-order valence-corrected chi connectivity index (χ0v) is 10.1. The highest BCUT2D eigenvalue weighted by Gasteiger charge is 2.23. The molecular weight excluding hydrogens is 258 g/mol. The highest BCUT2D eigenvalue weighted by molar-refractivity contribution is 7.85. The molecule has 1 aliphatic rings. The molecule has 0 aromatic carbocycles. The lowest BCUT2D eigenvalue weighted by atomic mass is 10.4. The Labute approximate surface area is 97.9 Å². The molecule has 0 saturated carbocycles. The number of amides is 1. The molecule has 1 amide bonds. The van der Waals surface area contributed by atoms with Crippen molar-refractivity contribution < 1.29 is 9.00 Å². The van der Waals surface area contributed by atoms with Crippen LogP contribution in [0.25, 0.3) is 0 Å². The summed E-state index contributed by atoms with van der Waals surface area (Å²) in [5.41, 5.74) is 0. The third-order valence-electron chi connectivity index (χ3n) is 2.05. The number of nitrogens with zero attached hydrogens (tertiary/aromatic N) is 3. The quantitative estimate of drug-likeness (QED) is 0.737. The van der Waals surface area contributed by atoms with Gasteiger partial charge in [0.05, 0.1) is 0 Å². The minimum atomic E-state index is -0.781. The first-order chi connectivity index (χ1) is 7.16. The molecule has 1 aromatic heterocycles. The highest BCUT2D eigenvalue weighted by atomic mass is 35.5. The van der Waals surface area contributed by atoms with Gasteiger partial charge in [-0.05, 0) is 11.6 Å². The van der Waals surface area contributed by atoms with Crippen molar-refractivity contribution in [3.63, 3.8) is 0 Å². The molecule has 0 spiro atoms. The molecule has 2 heterocycles. The fraction of sp³-hybridized carbons (Fsp3) is 0.571. The lowest BCUT2D eigenvalue weighted by molar-refractivity contribution is 0.0770. The van der Waals surface area contributed by atoms with Crippen molar-refractivity contribution in [2.24, 2.45) is 0 Å². The second-order valence-electron chi connectivity index (χ2n) is 3.00. The normalized spacial score (nSPS) is 18.1. The topological polar surface area (TPSA) is 63.2 Å². The second kappa shape index (κ2) is 4.54. The van der Waals surface area contributed by atoms with E-state index in [1.54, 1.807) is 4.90 Å². The smallest absolute Gasteiger partial charge is 0.284 e. The molecule has 5 nitrogen and oxygen atoms in total. The van der Waals surface area contributed by atoms with Crippen molar-refractivity contribution >= 4 is 39.6 Å². The molecule has 1 aliphatic heterocycles. The maximum Gasteiger partial charge on any atom is 0.284 e. The Morgan fingerprint density at radius 1 is 1.40 bits per heavy atom. The van der Waals surface area contributed by atoms with Gasteiger partial charge in [0, 0.05) is 35.4 Å². The van der Waals surface area contributed by atoms with Crippen LogP contribution in [0.1, 0.15) is 9.80 Å². The first-order valence-corrected chi connectivity index (χ1v) is 6.98. The van der Waals surface area contributed by atoms with E-state index >= 15 is 0 Å². The fourth-order valence-corrected chi connectivity index (χ4v) is 3.12. The highest BCUT2D eigenvalue weighted by Crippen LogP contribution is 2.17.